The Morgan fingerprint density at radius 1 is 0.970 bits per heavy atom. The fourth-order valence-corrected chi connectivity index (χ4v) is 3.74. The van der Waals surface area contributed by atoms with E-state index < -0.39 is 5.91 Å². The van der Waals surface area contributed by atoms with Gasteiger partial charge in [-0.25, -0.2) is 0 Å². The van der Waals surface area contributed by atoms with Crippen LogP contribution in [0.2, 0.25) is 0 Å². The van der Waals surface area contributed by atoms with Gasteiger partial charge in [-0.3, -0.25) is 4.79 Å². The van der Waals surface area contributed by atoms with Crippen LogP contribution in [0, 0.1) is 6.92 Å². The summed E-state index contributed by atoms with van der Waals surface area (Å²) >= 11 is 1.85. The highest BCUT2D eigenvalue weighted by Gasteiger charge is 2.19. The van der Waals surface area contributed by atoms with Crippen LogP contribution in [0.4, 0.5) is 5.69 Å². The molecule has 1 N–H and O–H groups in total. The molecule has 0 atom stereocenters. The Morgan fingerprint density at radius 2 is 1.70 bits per heavy atom. The van der Waals surface area contributed by atoms with E-state index in [0.717, 1.165) is 24.2 Å². The normalized spacial score (nSPS) is 10.6. The molecule has 0 bridgehead atoms. The number of benzene rings is 2. The zero-order valence-corrected chi connectivity index (χ0v) is 20.3. The van der Waals surface area contributed by atoms with E-state index in [1.165, 1.54) is 26.9 Å². The van der Waals surface area contributed by atoms with Gasteiger partial charge in [-0.05, 0) is 55.0 Å². The van der Waals surface area contributed by atoms with Crippen LogP contribution >= 0.6 is 11.8 Å². The summed E-state index contributed by atoms with van der Waals surface area (Å²) in [6.45, 7) is 1.99. The number of amides is 1. The third kappa shape index (κ3) is 6.16. The Bertz CT molecular complexity index is 1070. The minimum absolute atomic E-state index is 0.0938. The summed E-state index contributed by atoms with van der Waals surface area (Å²) in [6.07, 6.45) is 4.29. The van der Waals surface area contributed by atoms with Gasteiger partial charge in [0, 0.05) is 18.2 Å². The molecular formula is C25H29NO6S. The molecule has 1 amide bonds. The Kier molecular flexibility index (Phi) is 8.54. The van der Waals surface area contributed by atoms with Crippen molar-refractivity contribution in [2.24, 2.45) is 0 Å². The fourth-order valence-electron chi connectivity index (χ4n) is 3.31. The number of thioether (sulfide) groups is 1. The van der Waals surface area contributed by atoms with Crippen molar-refractivity contribution in [3.05, 3.63) is 59.4 Å². The molecule has 8 heteroatoms. The van der Waals surface area contributed by atoms with Gasteiger partial charge in [0.2, 0.25) is 0 Å². The van der Waals surface area contributed by atoms with Crippen molar-refractivity contribution in [3.63, 3.8) is 0 Å². The second kappa shape index (κ2) is 11.6. The maximum atomic E-state index is 12.8. The number of hydrogen-bond donors (Lipinski definition) is 1. The molecule has 0 aliphatic heterocycles. The zero-order chi connectivity index (χ0) is 23.8. The first kappa shape index (κ1) is 24.4. The monoisotopic (exact) mass is 471 g/mol. The van der Waals surface area contributed by atoms with Gasteiger partial charge in [-0.2, -0.15) is 11.8 Å². The lowest BCUT2D eigenvalue weighted by atomic mass is 10.1. The van der Waals surface area contributed by atoms with Crippen molar-refractivity contribution >= 4 is 23.4 Å². The quantitative estimate of drug-likeness (QED) is 0.346. The highest BCUT2D eigenvalue weighted by atomic mass is 32.2. The molecule has 0 spiro atoms. The van der Waals surface area contributed by atoms with Crippen molar-refractivity contribution in [1.82, 2.24) is 0 Å². The van der Waals surface area contributed by atoms with Gasteiger partial charge in [0.1, 0.15) is 28.7 Å². The molecule has 0 aliphatic rings. The minimum Gasteiger partial charge on any atom is -0.496 e. The highest BCUT2D eigenvalue weighted by molar-refractivity contribution is 7.98. The SMILES string of the molecule is COc1cc(OC)c(NC(=O)c2ccc(Oc3ccc(CCCSC)cc3C)o2)c(OC)c1. The Hall–Kier alpha value is -3.26. The van der Waals surface area contributed by atoms with Crippen LogP contribution in [0.15, 0.2) is 46.9 Å². The van der Waals surface area contributed by atoms with E-state index in [9.17, 15) is 4.79 Å². The summed E-state index contributed by atoms with van der Waals surface area (Å²) in [7, 11) is 4.54. The summed E-state index contributed by atoms with van der Waals surface area (Å²) in [6, 6.07) is 12.6. The van der Waals surface area contributed by atoms with Crippen molar-refractivity contribution < 1.29 is 28.2 Å². The van der Waals surface area contributed by atoms with Crippen LogP contribution < -0.4 is 24.3 Å². The zero-order valence-electron chi connectivity index (χ0n) is 19.5. The van der Waals surface area contributed by atoms with Gasteiger partial charge in [0.25, 0.3) is 11.9 Å². The van der Waals surface area contributed by atoms with E-state index in [1.54, 1.807) is 24.3 Å². The van der Waals surface area contributed by atoms with Crippen molar-refractivity contribution in [2.45, 2.75) is 19.8 Å². The van der Waals surface area contributed by atoms with E-state index in [-0.39, 0.29) is 11.7 Å². The molecule has 0 fully saturated rings. The fraction of sp³-hybridized carbons (Fsp3) is 0.320. The number of carbonyl (C=O) groups is 1. The first-order valence-corrected chi connectivity index (χ1v) is 11.9. The number of hydrogen-bond acceptors (Lipinski definition) is 7. The lowest BCUT2D eigenvalue weighted by molar-refractivity contribution is 0.0991. The Labute approximate surface area is 198 Å². The summed E-state index contributed by atoms with van der Waals surface area (Å²) in [5, 5.41) is 2.77. The van der Waals surface area contributed by atoms with E-state index in [4.69, 9.17) is 23.4 Å². The van der Waals surface area contributed by atoms with Crippen LogP contribution in [-0.2, 0) is 6.42 Å². The van der Waals surface area contributed by atoms with E-state index in [1.807, 2.05) is 24.8 Å². The number of methoxy groups -OCH3 is 3. The molecule has 1 heterocycles. The molecule has 0 saturated carbocycles. The van der Waals surface area contributed by atoms with Crippen molar-refractivity contribution in [2.75, 3.05) is 38.7 Å². The molecule has 176 valence electrons. The largest absolute Gasteiger partial charge is 0.496 e. The summed E-state index contributed by atoms with van der Waals surface area (Å²) < 4.78 is 27.5. The maximum Gasteiger partial charge on any atom is 0.291 e. The van der Waals surface area contributed by atoms with Gasteiger partial charge >= 0.3 is 0 Å². The maximum absolute atomic E-state index is 12.8. The number of ether oxygens (including phenoxy) is 4. The van der Waals surface area contributed by atoms with Gasteiger partial charge in [-0.1, -0.05) is 12.1 Å². The predicted molar refractivity (Wildman–Crippen MR) is 131 cm³/mol. The molecule has 7 nitrogen and oxygen atoms in total. The lowest BCUT2D eigenvalue weighted by Crippen LogP contribution is -2.13. The van der Waals surface area contributed by atoms with Gasteiger partial charge in [0.15, 0.2) is 5.76 Å². The number of nitrogens with one attached hydrogen (secondary N) is 1. The average Bonchev–Trinajstić information content (AvgIpc) is 3.29. The van der Waals surface area contributed by atoms with Crippen LogP contribution in [-0.4, -0.2) is 39.2 Å². The third-order valence-corrected chi connectivity index (χ3v) is 5.72. The van der Waals surface area contributed by atoms with Crippen LogP contribution in [0.1, 0.15) is 28.1 Å². The lowest BCUT2D eigenvalue weighted by Gasteiger charge is -2.15. The molecule has 0 saturated heterocycles. The van der Waals surface area contributed by atoms with Crippen molar-refractivity contribution in [1.29, 1.82) is 0 Å². The number of rotatable bonds is 11. The molecule has 1 aromatic heterocycles. The molecule has 33 heavy (non-hydrogen) atoms. The minimum atomic E-state index is -0.465. The first-order chi connectivity index (χ1) is 16.0. The number of carbonyl (C=O) groups excluding carboxylic acids is 1. The Balaban J connectivity index is 1.71. The molecular weight excluding hydrogens is 442 g/mol. The molecule has 0 aliphatic carbocycles. The summed E-state index contributed by atoms with van der Waals surface area (Å²) in [5.41, 5.74) is 2.65. The summed E-state index contributed by atoms with van der Waals surface area (Å²) in [4.78, 5) is 12.8. The van der Waals surface area contributed by atoms with Gasteiger partial charge in [-0.15, -0.1) is 0 Å². The van der Waals surface area contributed by atoms with Crippen molar-refractivity contribution in [3.8, 4) is 28.9 Å². The molecule has 0 unspecified atom stereocenters. The highest BCUT2D eigenvalue weighted by Crippen LogP contribution is 2.39. The number of anilines is 1. The second-order valence-electron chi connectivity index (χ2n) is 7.28. The number of aryl methyl sites for hydroxylation is 2. The molecule has 3 aromatic rings. The molecule has 2 aromatic carbocycles. The smallest absolute Gasteiger partial charge is 0.291 e. The van der Waals surface area contributed by atoms with E-state index in [2.05, 4.69) is 23.7 Å². The number of furan rings is 1. The third-order valence-electron chi connectivity index (χ3n) is 5.02. The Morgan fingerprint density at radius 3 is 2.30 bits per heavy atom. The van der Waals surface area contributed by atoms with E-state index in [0.29, 0.717) is 28.7 Å². The molecule has 0 radical (unpaired) electrons. The van der Waals surface area contributed by atoms with E-state index >= 15 is 0 Å². The first-order valence-electron chi connectivity index (χ1n) is 10.5. The topological polar surface area (TPSA) is 79.2 Å². The second-order valence-corrected chi connectivity index (χ2v) is 8.26. The molecule has 3 rings (SSSR count). The van der Waals surface area contributed by atoms with Gasteiger partial charge in [0.05, 0.1) is 21.3 Å². The van der Waals surface area contributed by atoms with Gasteiger partial charge < -0.3 is 28.7 Å². The van der Waals surface area contributed by atoms with Crippen LogP contribution in [0.25, 0.3) is 0 Å². The summed E-state index contributed by atoms with van der Waals surface area (Å²) in [5.74, 6) is 3.02. The standard InChI is InChI=1S/C25H29NO6S/c1-16-13-17(7-6-12-33-5)8-9-19(16)31-23-11-10-20(32-23)25(27)26-24-21(29-3)14-18(28-2)15-22(24)30-4/h8-11,13-15H,6-7,12H2,1-5H3,(H,26,27). The van der Waals surface area contributed by atoms with Crippen LogP contribution in [0.3, 0.4) is 0 Å². The predicted octanol–water partition coefficient (Wildman–Crippen LogP) is 5.95. The average molecular weight is 472 g/mol. The van der Waals surface area contributed by atoms with Crippen LogP contribution in [0.5, 0.6) is 28.9 Å².